The Morgan fingerprint density at radius 1 is 0.336 bits per heavy atom. The largest absolute Gasteiger partial charge is 0.394 e. The van der Waals surface area contributed by atoms with Crippen molar-refractivity contribution >= 4 is 5.91 Å². The molecule has 3 fully saturated rings. The molecule has 3 rings (SSSR count). The lowest BCUT2D eigenvalue weighted by Crippen LogP contribution is -2.66. The first-order valence-corrected chi connectivity index (χ1v) is 43.7. The average molecular weight is 1520 g/mol. The van der Waals surface area contributed by atoms with E-state index < -0.39 is 124 Å². The van der Waals surface area contributed by atoms with E-state index in [1.54, 1.807) is 6.08 Å². The van der Waals surface area contributed by atoms with Gasteiger partial charge in [-0.15, -0.1) is 0 Å². The summed E-state index contributed by atoms with van der Waals surface area (Å²) in [4.78, 5) is 13.5. The van der Waals surface area contributed by atoms with Crippen molar-refractivity contribution in [2.75, 3.05) is 26.4 Å². The standard InChI is InChI=1S/C88H159NO18/c1-3-5-7-9-11-13-15-17-19-21-23-25-27-29-31-32-33-34-35-36-37-38-40-42-44-46-48-50-52-54-56-58-60-62-64-66-76(94)89-71(72(93)65-63-61-59-57-55-53-51-49-47-45-43-41-39-30-28-26-24-22-20-18-16-14-12-10-8-6-4-2)70-102-86-82(100)79(97)84(74(68-91)104-86)107-88-83(101)80(98)85(75(69-92)105-88)106-87-81(99)78(96)77(95)73(67-90)103-87/h15,17,21,23,27,29,47,49,55,57,63,65,71-75,77-88,90-93,95-101H,3-14,16,18-20,22,24-26,28,30-46,48,50-54,56,58-62,64,66-70H2,1-2H3,(H,89,94)/b17-15-,23-21-,29-27-,49-47+,57-55+,65-63+. The molecule has 107 heavy (non-hydrogen) atoms. The third kappa shape index (κ3) is 46.9. The molecule has 17 atom stereocenters. The first-order valence-electron chi connectivity index (χ1n) is 43.7. The molecule has 0 saturated carbocycles. The van der Waals surface area contributed by atoms with Gasteiger partial charge in [0, 0.05) is 6.42 Å². The fourth-order valence-electron chi connectivity index (χ4n) is 14.5. The zero-order valence-corrected chi connectivity index (χ0v) is 67.1. The highest BCUT2D eigenvalue weighted by molar-refractivity contribution is 5.76. The molecule has 0 bridgehead atoms. The Kier molecular flexibility index (Phi) is 62.3. The van der Waals surface area contributed by atoms with Crippen molar-refractivity contribution in [2.45, 2.75) is 452 Å². The zero-order valence-electron chi connectivity index (χ0n) is 67.1. The molecular weight excluding hydrogens is 1360 g/mol. The minimum atomic E-state index is -1.99. The van der Waals surface area contributed by atoms with Crippen LogP contribution in [0, 0.1) is 0 Å². The Balaban J connectivity index is 1.35. The minimum absolute atomic E-state index is 0.232. The van der Waals surface area contributed by atoms with Gasteiger partial charge in [-0.3, -0.25) is 4.79 Å². The highest BCUT2D eigenvalue weighted by Gasteiger charge is 2.54. The molecule has 3 aliphatic heterocycles. The number of allylic oxidation sites excluding steroid dienone is 11. The molecule has 0 aromatic carbocycles. The molecule has 0 radical (unpaired) electrons. The summed E-state index contributed by atoms with van der Waals surface area (Å²) in [6.07, 6.45) is 63.4. The van der Waals surface area contributed by atoms with Gasteiger partial charge in [0.05, 0.1) is 38.6 Å². The van der Waals surface area contributed by atoms with E-state index in [1.165, 1.54) is 257 Å². The number of carbonyl (C=O) groups is 1. The van der Waals surface area contributed by atoms with Gasteiger partial charge in [0.15, 0.2) is 18.9 Å². The lowest BCUT2D eigenvalue weighted by Gasteiger charge is -2.48. The Hall–Kier alpha value is -2.77. The van der Waals surface area contributed by atoms with Crippen LogP contribution in [-0.2, 0) is 33.2 Å². The fourth-order valence-corrected chi connectivity index (χ4v) is 14.5. The number of amides is 1. The fraction of sp³-hybridized carbons (Fsp3) is 0.852. The van der Waals surface area contributed by atoms with Gasteiger partial charge in [-0.2, -0.15) is 0 Å². The van der Waals surface area contributed by atoms with Crippen molar-refractivity contribution in [2.24, 2.45) is 0 Å². The molecule has 3 aliphatic rings. The number of rotatable bonds is 70. The molecular formula is C88H159NO18. The quantitative estimate of drug-likeness (QED) is 0.0199. The Morgan fingerprint density at radius 3 is 1.00 bits per heavy atom. The van der Waals surface area contributed by atoms with E-state index in [0.29, 0.717) is 12.8 Å². The van der Waals surface area contributed by atoms with Crippen LogP contribution < -0.4 is 5.32 Å². The van der Waals surface area contributed by atoms with E-state index in [9.17, 15) is 61.0 Å². The van der Waals surface area contributed by atoms with Crippen molar-refractivity contribution in [1.82, 2.24) is 5.32 Å². The summed E-state index contributed by atoms with van der Waals surface area (Å²) in [5.74, 6) is -0.285. The van der Waals surface area contributed by atoms with E-state index in [-0.39, 0.29) is 18.9 Å². The van der Waals surface area contributed by atoms with E-state index in [2.05, 4.69) is 79.9 Å². The van der Waals surface area contributed by atoms with Gasteiger partial charge < -0.3 is 89.9 Å². The summed E-state index contributed by atoms with van der Waals surface area (Å²) in [6.45, 7) is 1.74. The van der Waals surface area contributed by atoms with Crippen LogP contribution in [0.15, 0.2) is 72.9 Å². The second-order valence-electron chi connectivity index (χ2n) is 31.0. The summed E-state index contributed by atoms with van der Waals surface area (Å²) >= 11 is 0. The van der Waals surface area contributed by atoms with Crippen LogP contribution in [0.5, 0.6) is 0 Å². The third-order valence-electron chi connectivity index (χ3n) is 21.5. The summed E-state index contributed by atoms with van der Waals surface area (Å²) in [5, 5.41) is 121. The SMILES string of the molecule is CCCCCCC/C=C\C/C=C\C/C=C\CCCCCCCCCCCCCCCCCCCCCCC(=O)NC(COC1OC(CO)C(OC2OC(CO)C(OC3OC(CO)C(O)C(O)C3O)C(O)C2O)C(O)C1O)C(O)/C=C/CC/C=C/CC/C=C/CCCCCCCCCCCCCCCCCCC. The molecule has 12 N–H and O–H groups in total. The van der Waals surface area contributed by atoms with Crippen LogP contribution in [0.3, 0.4) is 0 Å². The van der Waals surface area contributed by atoms with Gasteiger partial charge in [-0.25, -0.2) is 0 Å². The predicted octanol–water partition coefficient (Wildman–Crippen LogP) is 16.0. The number of hydrogen-bond donors (Lipinski definition) is 12. The zero-order chi connectivity index (χ0) is 77.4. The van der Waals surface area contributed by atoms with Crippen LogP contribution in [0.25, 0.3) is 0 Å². The maximum absolute atomic E-state index is 13.5. The molecule has 19 heteroatoms. The van der Waals surface area contributed by atoms with Gasteiger partial charge in [-0.1, -0.05) is 331 Å². The minimum Gasteiger partial charge on any atom is -0.394 e. The van der Waals surface area contributed by atoms with E-state index in [0.717, 1.165) is 57.8 Å². The van der Waals surface area contributed by atoms with Crippen LogP contribution in [-0.4, -0.2) is 193 Å². The molecule has 1 amide bonds. The molecule has 0 aromatic heterocycles. The molecule has 19 nitrogen and oxygen atoms in total. The maximum Gasteiger partial charge on any atom is 0.220 e. The topological polar surface area (TPSA) is 307 Å². The number of nitrogens with one attached hydrogen (secondary N) is 1. The van der Waals surface area contributed by atoms with Gasteiger partial charge in [0.2, 0.25) is 5.91 Å². The normalized spacial score (nSPS) is 25.9. The second-order valence-corrected chi connectivity index (χ2v) is 31.0. The van der Waals surface area contributed by atoms with Crippen LogP contribution in [0.1, 0.15) is 348 Å². The monoisotopic (exact) mass is 1520 g/mol. The van der Waals surface area contributed by atoms with Crippen molar-refractivity contribution in [3.63, 3.8) is 0 Å². The van der Waals surface area contributed by atoms with Gasteiger partial charge in [0.25, 0.3) is 0 Å². The Bertz CT molecular complexity index is 2210. The summed E-state index contributed by atoms with van der Waals surface area (Å²) in [5.41, 5.74) is 0. The summed E-state index contributed by atoms with van der Waals surface area (Å²) < 4.78 is 34.5. The summed E-state index contributed by atoms with van der Waals surface area (Å²) in [7, 11) is 0. The van der Waals surface area contributed by atoms with Gasteiger partial charge in [0.1, 0.15) is 73.2 Å². The molecule has 0 aromatic rings. The van der Waals surface area contributed by atoms with Crippen molar-refractivity contribution < 1.29 is 89.4 Å². The van der Waals surface area contributed by atoms with Crippen LogP contribution >= 0.6 is 0 Å². The van der Waals surface area contributed by atoms with Crippen molar-refractivity contribution in [3.8, 4) is 0 Å². The van der Waals surface area contributed by atoms with Crippen LogP contribution in [0.4, 0.5) is 0 Å². The van der Waals surface area contributed by atoms with E-state index >= 15 is 0 Å². The van der Waals surface area contributed by atoms with Crippen molar-refractivity contribution in [1.29, 1.82) is 0 Å². The Morgan fingerprint density at radius 2 is 0.626 bits per heavy atom. The number of ether oxygens (including phenoxy) is 6. The van der Waals surface area contributed by atoms with Gasteiger partial charge >= 0.3 is 0 Å². The third-order valence-corrected chi connectivity index (χ3v) is 21.5. The number of aliphatic hydroxyl groups excluding tert-OH is 11. The number of hydrogen-bond acceptors (Lipinski definition) is 18. The summed E-state index contributed by atoms with van der Waals surface area (Å²) in [6, 6.07) is -1.00. The second kappa shape index (κ2) is 67.7. The highest BCUT2D eigenvalue weighted by Crippen LogP contribution is 2.33. The smallest absolute Gasteiger partial charge is 0.220 e. The molecule has 0 spiro atoms. The lowest BCUT2D eigenvalue weighted by molar-refractivity contribution is -0.379. The van der Waals surface area contributed by atoms with E-state index in [1.807, 2.05) is 6.08 Å². The van der Waals surface area contributed by atoms with Crippen LogP contribution in [0.2, 0.25) is 0 Å². The average Bonchev–Trinajstić information content (AvgIpc) is 0.781. The number of unbranched alkanes of at least 4 members (excludes halogenated alkanes) is 44. The number of carbonyl (C=O) groups excluding carboxylic acids is 1. The Labute approximate surface area is 648 Å². The predicted molar refractivity (Wildman–Crippen MR) is 429 cm³/mol. The van der Waals surface area contributed by atoms with Gasteiger partial charge in [-0.05, 0) is 83.5 Å². The lowest BCUT2D eigenvalue weighted by atomic mass is 9.96. The van der Waals surface area contributed by atoms with E-state index in [4.69, 9.17) is 28.4 Å². The highest BCUT2D eigenvalue weighted by atomic mass is 16.8. The molecule has 624 valence electrons. The number of aliphatic hydroxyl groups is 11. The first kappa shape index (κ1) is 98.4. The van der Waals surface area contributed by atoms with Crippen molar-refractivity contribution in [3.05, 3.63) is 72.9 Å². The maximum atomic E-state index is 13.5. The molecule has 3 heterocycles. The molecule has 0 aliphatic carbocycles. The molecule has 3 saturated heterocycles. The molecule has 17 unspecified atom stereocenters. The first-order chi connectivity index (χ1) is 52.3.